The van der Waals surface area contributed by atoms with Crippen molar-refractivity contribution in [1.29, 1.82) is 0 Å². The molecule has 0 unspecified atom stereocenters. The molecule has 16 heavy (non-hydrogen) atoms. The summed E-state index contributed by atoms with van der Waals surface area (Å²) < 4.78 is 0. The summed E-state index contributed by atoms with van der Waals surface area (Å²) in [6.45, 7) is 4.50. The summed E-state index contributed by atoms with van der Waals surface area (Å²) >= 11 is 0. The van der Waals surface area contributed by atoms with Gasteiger partial charge in [-0.2, -0.15) is 0 Å². The molecule has 0 bridgehead atoms. The van der Waals surface area contributed by atoms with Crippen LogP contribution in [0.4, 0.5) is 10.5 Å². The molecule has 0 radical (unpaired) electrons. The molecule has 0 heterocycles. The van der Waals surface area contributed by atoms with Crippen LogP contribution in [0.15, 0.2) is 18.2 Å². The van der Waals surface area contributed by atoms with Gasteiger partial charge in [0.2, 0.25) is 0 Å². The first kappa shape index (κ1) is 12.4. The van der Waals surface area contributed by atoms with E-state index in [9.17, 15) is 9.90 Å². The van der Waals surface area contributed by atoms with Crippen LogP contribution in [-0.4, -0.2) is 17.7 Å². The lowest BCUT2D eigenvalue weighted by Gasteiger charge is -2.10. The van der Waals surface area contributed by atoms with Crippen LogP contribution in [0.25, 0.3) is 0 Å². The van der Waals surface area contributed by atoms with E-state index in [0.29, 0.717) is 17.8 Å². The molecule has 0 saturated heterocycles. The Bertz CT molecular complexity index is 364. The molecule has 3 N–H and O–H groups in total. The first-order chi connectivity index (χ1) is 7.65. The van der Waals surface area contributed by atoms with Crippen LogP contribution >= 0.6 is 0 Å². The number of carbonyl (C=O) groups is 1. The maximum Gasteiger partial charge on any atom is 0.319 e. The van der Waals surface area contributed by atoms with E-state index < -0.39 is 0 Å². The van der Waals surface area contributed by atoms with Crippen molar-refractivity contribution in [3.63, 3.8) is 0 Å². The fourth-order valence-electron chi connectivity index (χ4n) is 1.30. The van der Waals surface area contributed by atoms with Crippen LogP contribution < -0.4 is 10.6 Å². The topological polar surface area (TPSA) is 61.4 Å². The number of hydrogen-bond donors (Lipinski definition) is 3. The van der Waals surface area contributed by atoms with Crippen molar-refractivity contribution in [3.05, 3.63) is 23.8 Å². The Morgan fingerprint density at radius 3 is 2.88 bits per heavy atom. The molecule has 88 valence electrons. The maximum absolute atomic E-state index is 11.4. The smallest absolute Gasteiger partial charge is 0.319 e. The fraction of sp³-hybridized carbons (Fsp3) is 0.417. The van der Waals surface area contributed by atoms with Crippen molar-refractivity contribution in [2.45, 2.75) is 26.7 Å². The number of rotatable bonds is 4. The molecular formula is C12H18N2O2. The Kier molecular flexibility index (Phi) is 4.64. The summed E-state index contributed by atoms with van der Waals surface area (Å²) in [4.78, 5) is 11.4. The molecule has 0 spiro atoms. The highest BCUT2D eigenvalue weighted by Crippen LogP contribution is 2.23. The summed E-state index contributed by atoms with van der Waals surface area (Å²) in [5, 5.41) is 14.9. The lowest BCUT2D eigenvalue weighted by atomic mass is 10.2. The zero-order valence-corrected chi connectivity index (χ0v) is 9.71. The van der Waals surface area contributed by atoms with Crippen LogP contribution in [0.2, 0.25) is 0 Å². The van der Waals surface area contributed by atoms with Gasteiger partial charge in [0.25, 0.3) is 0 Å². The average molecular weight is 222 g/mol. The van der Waals surface area contributed by atoms with E-state index in [2.05, 4.69) is 17.6 Å². The molecule has 4 nitrogen and oxygen atoms in total. The summed E-state index contributed by atoms with van der Waals surface area (Å²) in [7, 11) is 0. The zero-order chi connectivity index (χ0) is 12.0. The largest absolute Gasteiger partial charge is 0.508 e. The molecule has 4 heteroatoms. The van der Waals surface area contributed by atoms with Crippen LogP contribution in [-0.2, 0) is 0 Å². The number of anilines is 1. The van der Waals surface area contributed by atoms with Crippen molar-refractivity contribution in [3.8, 4) is 5.75 Å². The van der Waals surface area contributed by atoms with E-state index in [0.717, 1.165) is 12.8 Å². The van der Waals surface area contributed by atoms with E-state index in [1.54, 1.807) is 25.1 Å². The van der Waals surface area contributed by atoms with Gasteiger partial charge in [-0.3, -0.25) is 0 Å². The molecule has 0 atom stereocenters. The van der Waals surface area contributed by atoms with Gasteiger partial charge in [0, 0.05) is 17.8 Å². The highest BCUT2D eigenvalue weighted by molar-refractivity contribution is 5.90. The number of phenols is 1. The SMILES string of the molecule is CCCCNC(=O)Nc1cccc(O)c1C. The predicted molar refractivity (Wildman–Crippen MR) is 64.8 cm³/mol. The Morgan fingerprint density at radius 1 is 1.44 bits per heavy atom. The van der Waals surface area contributed by atoms with Crippen LogP contribution in [0.5, 0.6) is 5.75 Å². The lowest BCUT2D eigenvalue weighted by molar-refractivity contribution is 0.252. The van der Waals surface area contributed by atoms with E-state index in [1.165, 1.54) is 0 Å². The normalized spacial score (nSPS) is 9.88. The number of phenolic OH excluding ortho intramolecular Hbond substituents is 1. The van der Waals surface area contributed by atoms with Crippen LogP contribution in [0.1, 0.15) is 25.3 Å². The van der Waals surface area contributed by atoms with Crippen molar-refractivity contribution in [1.82, 2.24) is 5.32 Å². The summed E-state index contributed by atoms with van der Waals surface area (Å²) in [6, 6.07) is 4.82. The third kappa shape index (κ3) is 3.46. The van der Waals surface area contributed by atoms with Gasteiger partial charge in [-0.1, -0.05) is 19.4 Å². The summed E-state index contributed by atoms with van der Waals surface area (Å²) in [5.74, 6) is 0.186. The van der Waals surface area contributed by atoms with Crippen molar-refractivity contribution in [2.24, 2.45) is 0 Å². The van der Waals surface area contributed by atoms with Crippen molar-refractivity contribution >= 4 is 11.7 Å². The Morgan fingerprint density at radius 2 is 2.19 bits per heavy atom. The Hall–Kier alpha value is -1.71. The van der Waals surface area contributed by atoms with Gasteiger partial charge in [0.05, 0.1) is 0 Å². The molecule has 0 saturated carbocycles. The van der Waals surface area contributed by atoms with E-state index in [4.69, 9.17) is 0 Å². The molecule has 2 amide bonds. The quantitative estimate of drug-likeness (QED) is 0.686. The van der Waals surface area contributed by atoms with Gasteiger partial charge in [-0.15, -0.1) is 0 Å². The number of unbranched alkanes of at least 4 members (excludes halogenated alkanes) is 1. The van der Waals surface area contributed by atoms with Gasteiger partial charge < -0.3 is 15.7 Å². The Balaban J connectivity index is 2.53. The number of benzene rings is 1. The van der Waals surface area contributed by atoms with Crippen molar-refractivity contribution < 1.29 is 9.90 Å². The number of urea groups is 1. The minimum Gasteiger partial charge on any atom is -0.508 e. The van der Waals surface area contributed by atoms with E-state index in [-0.39, 0.29) is 11.8 Å². The molecule has 0 fully saturated rings. The number of aromatic hydroxyl groups is 1. The second-order valence-corrected chi connectivity index (χ2v) is 3.68. The third-order valence-electron chi connectivity index (χ3n) is 2.37. The van der Waals surface area contributed by atoms with Crippen LogP contribution in [0, 0.1) is 6.92 Å². The molecular weight excluding hydrogens is 204 g/mol. The van der Waals surface area contributed by atoms with Gasteiger partial charge in [0.15, 0.2) is 0 Å². The number of hydrogen-bond acceptors (Lipinski definition) is 2. The van der Waals surface area contributed by atoms with Gasteiger partial charge in [-0.25, -0.2) is 4.79 Å². The molecule has 1 aromatic rings. The highest BCUT2D eigenvalue weighted by atomic mass is 16.3. The summed E-state index contributed by atoms with van der Waals surface area (Å²) in [6.07, 6.45) is 2.01. The lowest BCUT2D eigenvalue weighted by Crippen LogP contribution is -2.29. The number of nitrogens with one attached hydrogen (secondary N) is 2. The maximum atomic E-state index is 11.4. The number of amides is 2. The third-order valence-corrected chi connectivity index (χ3v) is 2.37. The second kappa shape index (κ2) is 6.00. The molecule has 1 aromatic carbocycles. The molecule has 0 aromatic heterocycles. The summed E-state index contributed by atoms with van der Waals surface area (Å²) in [5.41, 5.74) is 1.31. The second-order valence-electron chi connectivity index (χ2n) is 3.68. The van der Waals surface area contributed by atoms with Gasteiger partial charge in [-0.05, 0) is 25.5 Å². The van der Waals surface area contributed by atoms with Gasteiger partial charge in [0.1, 0.15) is 5.75 Å². The highest BCUT2D eigenvalue weighted by Gasteiger charge is 2.05. The Labute approximate surface area is 95.7 Å². The molecule has 0 aliphatic rings. The molecule has 1 rings (SSSR count). The predicted octanol–water partition coefficient (Wildman–Crippen LogP) is 2.62. The standard InChI is InChI=1S/C12H18N2O2/c1-3-4-8-13-12(16)14-10-6-5-7-11(15)9(10)2/h5-7,15H,3-4,8H2,1-2H3,(H2,13,14,16). The van der Waals surface area contributed by atoms with Crippen molar-refractivity contribution in [2.75, 3.05) is 11.9 Å². The first-order valence-electron chi connectivity index (χ1n) is 5.48. The molecule has 0 aliphatic heterocycles. The van der Waals surface area contributed by atoms with E-state index in [1.807, 2.05) is 0 Å². The zero-order valence-electron chi connectivity index (χ0n) is 9.71. The minimum absolute atomic E-state index is 0.186. The van der Waals surface area contributed by atoms with Gasteiger partial charge >= 0.3 is 6.03 Å². The number of carbonyl (C=O) groups excluding carboxylic acids is 1. The fourth-order valence-corrected chi connectivity index (χ4v) is 1.30. The van der Waals surface area contributed by atoms with Crippen LogP contribution in [0.3, 0.4) is 0 Å². The molecule has 0 aliphatic carbocycles. The monoisotopic (exact) mass is 222 g/mol. The average Bonchev–Trinajstić information content (AvgIpc) is 2.25. The van der Waals surface area contributed by atoms with E-state index >= 15 is 0 Å². The first-order valence-corrected chi connectivity index (χ1v) is 5.48. The minimum atomic E-state index is -0.234.